The van der Waals surface area contributed by atoms with Crippen LogP contribution in [0.5, 0.6) is 0 Å². The molecule has 0 spiro atoms. The summed E-state index contributed by atoms with van der Waals surface area (Å²) in [6.45, 7) is 2.79. The zero-order valence-corrected chi connectivity index (χ0v) is 11.0. The molecular formula is C12H17F2N5. The molecule has 0 aliphatic heterocycles. The van der Waals surface area contributed by atoms with Gasteiger partial charge in [0, 0.05) is 26.3 Å². The van der Waals surface area contributed by atoms with Gasteiger partial charge in [0.05, 0.1) is 17.1 Å². The Labute approximate surface area is 110 Å². The molecule has 2 aromatic heterocycles. The van der Waals surface area contributed by atoms with Crippen LogP contribution >= 0.6 is 0 Å². The molecule has 0 amide bonds. The van der Waals surface area contributed by atoms with Gasteiger partial charge in [-0.05, 0) is 19.1 Å². The van der Waals surface area contributed by atoms with Gasteiger partial charge in [0.1, 0.15) is 6.54 Å². The first-order valence-corrected chi connectivity index (χ1v) is 6.05. The molecule has 0 atom stereocenters. The van der Waals surface area contributed by atoms with Gasteiger partial charge in [-0.25, -0.2) is 8.78 Å². The van der Waals surface area contributed by atoms with Gasteiger partial charge < -0.3 is 5.32 Å². The molecule has 0 unspecified atom stereocenters. The Kier molecular flexibility index (Phi) is 4.26. The molecular weight excluding hydrogens is 252 g/mol. The zero-order chi connectivity index (χ0) is 13.8. The highest BCUT2D eigenvalue weighted by molar-refractivity contribution is 5.08. The van der Waals surface area contributed by atoms with E-state index < -0.39 is 6.43 Å². The maximum atomic E-state index is 12.2. The van der Waals surface area contributed by atoms with E-state index in [4.69, 9.17) is 0 Å². The summed E-state index contributed by atoms with van der Waals surface area (Å²) in [5.74, 6) is 0. The van der Waals surface area contributed by atoms with Crippen LogP contribution in [-0.2, 0) is 26.7 Å². The van der Waals surface area contributed by atoms with Gasteiger partial charge in [-0.1, -0.05) is 0 Å². The van der Waals surface area contributed by atoms with Crippen molar-refractivity contribution in [2.75, 3.05) is 0 Å². The van der Waals surface area contributed by atoms with Crippen molar-refractivity contribution in [3.05, 3.63) is 35.4 Å². The van der Waals surface area contributed by atoms with Gasteiger partial charge >= 0.3 is 0 Å². The molecule has 1 N–H and O–H groups in total. The highest BCUT2D eigenvalue weighted by atomic mass is 19.3. The largest absolute Gasteiger partial charge is 0.305 e. The number of aryl methyl sites for hydroxylation is 2. The van der Waals surface area contributed by atoms with E-state index >= 15 is 0 Å². The van der Waals surface area contributed by atoms with E-state index in [1.807, 2.05) is 24.7 Å². The Morgan fingerprint density at radius 1 is 1.32 bits per heavy atom. The highest BCUT2D eigenvalue weighted by Gasteiger charge is 2.06. The number of halogens is 2. The van der Waals surface area contributed by atoms with Crippen LogP contribution in [0.2, 0.25) is 0 Å². The molecule has 104 valence electrons. The fraction of sp³-hybridized carbons (Fsp3) is 0.500. The summed E-state index contributed by atoms with van der Waals surface area (Å²) in [7, 11) is 1.89. The third-order valence-corrected chi connectivity index (χ3v) is 2.73. The summed E-state index contributed by atoms with van der Waals surface area (Å²) in [5.41, 5.74) is 2.80. The normalized spacial score (nSPS) is 11.4. The molecule has 0 bridgehead atoms. The van der Waals surface area contributed by atoms with Crippen molar-refractivity contribution in [2.45, 2.75) is 33.0 Å². The lowest BCUT2D eigenvalue weighted by Crippen LogP contribution is -2.16. The van der Waals surface area contributed by atoms with E-state index in [0.717, 1.165) is 17.1 Å². The highest BCUT2D eigenvalue weighted by Crippen LogP contribution is 2.03. The molecule has 2 rings (SSSR count). The summed E-state index contributed by atoms with van der Waals surface area (Å²) in [4.78, 5) is 0. The van der Waals surface area contributed by atoms with E-state index in [9.17, 15) is 8.78 Å². The number of rotatable bonds is 6. The number of nitrogens with zero attached hydrogens (tertiary/aromatic N) is 4. The molecule has 7 heteroatoms. The van der Waals surface area contributed by atoms with E-state index in [0.29, 0.717) is 13.1 Å². The summed E-state index contributed by atoms with van der Waals surface area (Å²) >= 11 is 0. The average Bonchev–Trinajstić information content (AvgIpc) is 2.86. The SMILES string of the molecule is Cc1cc(CNCc2ccn(CC(F)F)n2)n(C)n1. The summed E-state index contributed by atoms with van der Waals surface area (Å²) < 4.78 is 27.4. The van der Waals surface area contributed by atoms with Gasteiger partial charge in [0.15, 0.2) is 0 Å². The van der Waals surface area contributed by atoms with Crippen LogP contribution in [0.1, 0.15) is 17.1 Å². The van der Waals surface area contributed by atoms with Crippen LogP contribution in [0.25, 0.3) is 0 Å². The summed E-state index contributed by atoms with van der Waals surface area (Å²) in [6, 6.07) is 3.74. The molecule has 0 aromatic carbocycles. The number of nitrogens with one attached hydrogen (secondary N) is 1. The fourth-order valence-electron chi connectivity index (χ4n) is 1.89. The lowest BCUT2D eigenvalue weighted by Gasteiger charge is -2.03. The molecule has 0 aliphatic carbocycles. The van der Waals surface area contributed by atoms with Crippen molar-refractivity contribution in [3.63, 3.8) is 0 Å². The van der Waals surface area contributed by atoms with Crippen LogP contribution in [0.4, 0.5) is 8.78 Å². The van der Waals surface area contributed by atoms with Crippen molar-refractivity contribution in [1.82, 2.24) is 24.9 Å². The average molecular weight is 269 g/mol. The first-order chi connectivity index (χ1) is 9.04. The topological polar surface area (TPSA) is 47.7 Å². The van der Waals surface area contributed by atoms with Crippen molar-refractivity contribution in [2.24, 2.45) is 7.05 Å². The zero-order valence-electron chi connectivity index (χ0n) is 11.0. The second-order valence-electron chi connectivity index (χ2n) is 4.42. The molecule has 0 radical (unpaired) electrons. The summed E-state index contributed by atoms with van der Waals surface area (Å²) in [5, 5.41) is 11.5. The van der Waals surface area contributed by atoms with Crippen molar-refractivity contribution in [1.29, 1.82) is 0 Å². The van der Waals surface area contributed by atoms with Crippen LogP contribution in [-0.4, -0.2) is 26.0 Å². The molecule has 19 heavy (non-hydrogen) atoms. The summed E-state index contributed by atoms with van der Waals surface area (Å²) in [6.07, 6.45) is -0.810. The fourth-order valence-corrected chi connectivity index (χ4v) is 1.89. The van der Waals surface area contributed by atoms with E-state index in [1.165, 1.54) is 4.68 Å². The Bertz CT molecular complexity index is 532. The monoisotopic (exact) mass is 269 g/mol. The number of aromatic nitrogens is 4. The molecule has 2 aromatic rings. The third kappa shape index (κ3) is 3.85. The minimum absolute atomic E-state index is 0.360. The molecule has 5 nitrogen and oxygen atoms in total. The Morgan fingerprint density at radius 3 is 2.74 bits per heavy atom. The molecule has 0 saturated carbocycles. The van der Waals surface area contributed by atoms with Crippen molar-refractivity contribution in [3.8, 4) is 0 Å². The van der Waals surface area contributed by atoms with Gasteiger partial charge in [-0.3, -0.25) is 9.36 Å². The minimum Gasteiger partial charge on any atom is -0.305 e. The van der Waals surface area contributed by atoms with Crippen molar-refractivity contribution >= 4 is 0 Å². The molecule has 0 saturated heterocycles. The lowest BCUT2D eigenvalue weighted by molar-refractivity contribution is 0.121. The second kappa shape index (κ2) is 5.92. The van der Waals surface area contributed by atoms with Crippen LogP contribution < -0.4 is 5.32 Å². The third-order valence-electron chi connectivity index (χ3n) is 2.73. The maximum Gasteiger partial charge on any atom is 0.257 e. The van der Waals surface area contributed by atoms with Gasteiger partial charge in [-0.15, -0.1) is 0 Å². The molecule has 0 aliphatic rings. The van der Waals surface area contributed by atoms with E-state index in [1.54, 1.807) is 12.3 Å². The Balaban J connectivity index is 1.82. The van der Waals surface area contributed by atoms with Crippen molar-refractivity contribution < 1.29 is 8.78 Å². The number of alkyl halides is 2. The van der Waals surface area contributed by atoms with Crippen LogP contribution in [0, 0.1) is 6.92 Å². The van der Waals surface area contributed by atoms with E-state index in [-0.39, 0.29) is 6.54 Å². The maximum absolute atomic E-state index is 12.2. The quantitative estimate of drug-likeness (QED) is 0.864. The second-order valence-corrected chi connectivity index (χ2v) is 4.42. The smallest absolute Gasteiger partial charge is 0.257 e. The molecule has 2 heterocycles. The Morgan fingerprint density at radius 2 is 2.11 bits per heavy atom. The number of hydrogen-bond acceptors (Lipinski definition) is 3. The predicted molar refractivity (Wildman–Crippen MR) is 66.7 cm³/mol. The first-order valence-electron chi connectivity index (χ1n) is 6.05. The molecule has 0 fully saturated rings. The minimum atomic E-state index is -2.38. The lowest BCUT2D eigenvalue weighted by atomic mass is 10.3. The van der Waals surface area contributed by atoms with Gasteiger partial charge in [0.25, 0.3) is 6.43 Å². The van der Waals surface area contributed by atoms with Crippen LogP contribution in [0.3, 0.4) is 0 Å². The first kappa shape index (κ1) is 13.7. The number of hydrogen-bond donors (Lipinski definition) is 1. The van der Waals surface area contributed by atoms with E-state index in [2.05, 4.69) is 15.5 Å². The Hall–Kier alpha value is -1.76. The standard InChI is InChI=1S/C12H17F2N5/c1-9-5-11(18(2)16-9)7-15-6-10-3-4-19(17-10)8-12(13)14/h3-5,12,15H,6-8H2,1-2H3. The van der Waals surface area contributed by atoms with Gasteiger partial charge in [-0.2, -0.15) is 10.2 Å². The van der Waals surface area contributed by atoms with Crippen LogP contribution in [0.15, 0.2) is 18.3 Å². The van der Waals surface area contributed by atoms with Gasteiger partial charge in [0.2, 0.25) is 0 Å². The predicted octanol–water partition coefficient (Wildman–Crippen LogP) is 1.48.